The van der Waals surface area contributed by atoms with Gasteiger partial charge in [0.25, 0.3) is 0 Å². The number of aryl methyl sites for hydroxylation is 1. The molecule has 0 saturated carbocycles. The number of aromatic nitrogens is 1. The van der Waals surface area contributed by atoms with Crippen LogP contribution in [0, 0.1) is 6.92 Å². The summed E-state index contributed by atoms with van der Waals surface area (Å²) < 4.78 is 5.21. The zero-order chi connectivity index (χ0) is 12.3. The molecule has 0 aliphatic carbocycles. The number of nitrogens with one attached hydrogen (secondary N) is 1. The summed E-state index contributed by atoms with van der Waals surface area (Å²) in [6, 6.07) is 3.67. The van der Waals surface area contributed by atoms with Gasteiger partial charge in [-0.2, -0.15) is 0 Å². The third-order valence-electron chi connectivity index (χ3n) is 2.99. The number of nitrogens with zero attached hydrogens (tertiary/aromatic N) is 1. The number of pyridine rings is 1. The smallest absolute Gasteiger partial charge is 0.245 e. The first kappa shape index (κ1) is 18.1. The van der Waals surface area contributed by atoms with E-state index in [4.69, 9.17) is 10.5 Å². The van der Waals surface area contributed by atoms with Crippen molar-refractivity contribution in [2.45, 2.75) is 25.3 Å². The summed E-state index contributed by atoms with van der Waals surface area (Å²) in [5, 5.41) is 2.75. The van der Waals surface area contributed by atoms with Gasteiger partial charge in [0.2, 0.25) is 5.91 Å². The summed E-state index contributed by atoms with van der Waals surface area (Å²) in [7, 11) is 0. The van der Waals surface area contributed by atoms with E-state index >= 15 is 0 Å². The van der Waals surface area contributed by atoms with Gasteiger partial charge in [-0.05, 0) is 31.4 Å². The highest BCUT2D eigenvalue weighted by atomic mass is 35.5. The van der Waals surface area contributed by atoms with E-state index in [9.17, 15) is 4.79 Å². The second kappa shape index (κ2) is 7.65. The Morgan fingerprint density at radius 3 is 2.53 bits per heavy atom. The number of nitrogens with two attached hydrogens (primary N) is 1. The molecule has 0 atom stereocenters. The summed E-state index contributed by atoms with van der Waals surface area (Å²) in [4.78, 5) is 16.2. The maximum atomic E-state index is 12.0. The van der Waals surface area contributed by atoms with E-state index in [1.807, 2.05) is 13.0 Å². The summed E-state index contributed by atoms with van der Waals surface area (Å²) in [6.45, 7) is 3.01. The lowest BCUT2D eigenvalue weighted by molar-refractivity contribution is -0.124. The minimum atomic E-state index is -0.829. The van der Waals surface area contributed by atoms with Crippen molar-refractivity contribution >= 4 is 36.5 Å². The molecule has 1 saturated heterocycles. The minimum absolute atomic E-state index is 0. The highest BCUT2D eigenvalue weighted by Gasteiger charge is 2.36. The van der Waals surface area contributed by atoms with Gasteiger partial charge in [0.15, 0.2) is 0 Å². The Bertz CT molecular complexity index is 406. The topological polar surface area (TPSA) is 77.2 Å². The molecule has 2 heterocycles. The average molecular weight is 308 g/mol. The van der Waals surface area contributed by atoms with Crippen molar-refractivity contribution in [3.05, 3.63) is 23.9 Å². The summed E-state index contributed by atoms with van der Waals surface area (Å²) in [6.07, 6.45) is 2.80. The van der Waals surface area contributed by atoms with Crippen LogP contribution >= 0.6 is 24.8 Å². The van der Waals surface area contributed by atoms with E-state index in [-0.39, 0.29) is 30.7 Å². The monoisotopic (exact) mass is 307 g/mol. The molecule has 108 valence electrons. The second-order valence-corrected chi connectivity index (χ2v) is 4.44. The lowest BCUT2D eigenvalue weighted by Crippen LogP contribution is -2.54. The standard InChI is InChI=1S/C12H17N3O2.2ClH/c1-9-2-3-10(14-8-9)15-11(16)12(13)4-6-17-7-5-12;;/h2-3,8H,4-7,13H2,1H3,(H,14,15,16);2*1H. The number of hydrogen-bond donors (Lipinski definition) is 2. The van der Waals surface area contributed by atoms with Crippen molar-refractivity contribution in [2.75, 3.05) is 18.5 Å². The lowest BCUT2D eigenvalue weighted by atomic mass is 9.90. The van der Waals surface area contributed by atoms with Crippen molar-refractivity contribution in [1.29, 1.82) is 0 Å². The van der Waals surface area contributed by atoms with Crippen LogP contribution in [0.5, 0.6) is 0 Å². The van der Waals surface area contributed by atoms with Crippen LogP contribution in [-0.2, 0) is 9.53 Å². The van der Waals surface area contributed by atoms with E-state index in [1.165, 1.54) is 0 Å². The molecule has 1 aromatic rings. The normalized spacial score (nSPS) is 16.7. The molecular weight excluding hydrogens is 289 g/mol. The molecule has 2 rings (SSSR count). The molecule has 0 bridgehead atoms. The van der Waals surface area contributed by atoms with Crippen LogP contribution in [0.4, 0.5) is 5.82 Å². The zero-order valence-electron chi connectivity index (χ0n) is 10.7. The van der Waals surface area contributed by atoms with Gasteiger partial charge in [0.05, 0.1) is 0 Å². The SMILES string of the molecule is Cc1ccc(NC(=O)C2(N)CCOCC2)nc1.Cl.Cl. The van der Waals surface area contributed by atoms with Crippen LogP contribution < -0.4 is 11.1 Å². The molecule has 7 heteroatoms. The number of anilines is 1. The Morgan fingerprint density at radius 1 is 1.37 bits per heavy atom. The molecule has 5 nitrogen and oxygen atoms in total. The van der Waals surface area contributed by atoms with E-state index in [0.717, 1.165) is 5.56 Å². The molecular formula is C12H19Cl2N3O2. The number of hydrogen-bond acceptors (Lipinski definition) is 4. The van der Waals surface area contributed by atoms with Crippen molar-refractivity contribution in [3.63, 3.8) is 0 Å². The lowest BCUT2D eigenvalue weighted by Gasteiger charge is -2.31. The Hall–Kier alpha value is -0.880. The molecule has 1 amide bonds. The second-order valence-electron chi connectivity index (χ2n) is 4.44. The molecule has 1 aliphatic rings. The molecule has 19 heavy (non-hydrogen) atoms. The molecule has 3 N–H and O–H groups in total. The first-order chi connectivity index (χ1) is 8.10. The minimum Gasteiger partial charge on any atom is -0.381 e. The first-order valence-corrected chi connectivity index (χ1v) is 5.71. The van der Waals surface area contributed by atoms with E-state index in [2.05, 4.69) is 10.3 Å². The fourth-order valence-electron chi connectivity index (χ4n) is 1.75. The first-order valence-electron chi connectivity index (χ1n) is 5.71. The van der Waals surface area contributed by atoms with Crippen LogP contribution in [0.3, 0.4) is 0 Å². The van der Waals surface area contributed by atoms with Gasteiger partial charge in [-0.25, -0.2) is 4.98 Å². The molecule has 1 aromatic heterocycles. The van der Waals surface area contributed by atoms with Crippen molar-refractivity contribution in [3.8, 4) is 0 Å². The number of carbonyl (C=O) groups is 1. The number of ether oxygens (including phenoxy) is 1. The predicted molar refractivity (Wildman–Crippen MR) is 79.1 cm³/mol. The van der Waals surface area contributed by atoms with E-state index in [0.29, 0.717) is 31.9 Å². The Labute approximate surface area is 125 Å². The van der Waals surface area contributed by atoms with Crippen LogP contribution in [0.25, 0.3) is 0 Å². The highest BCUT2D eigenvalue weighted by Crippen LogP contribution is 2.19. The van der Waals surface area contributed by atoms with Crippen molar-refractivity contribution < 1.29 is 9.53 Å². The Morgan fingerprint density at radius 2 is 2.00 bits per heavy atom. The van der Waals surface area contributed by atoms with Crippen LogP contribution in [-0.4, -0.2) is 29.6 Å². The van der Waals surface area contributed by atoms with E-state index < -0.39 is 5.54 Å². The van der Waals surface area contributed by atoms with Gasteiger partial charge >= 0.3 is 0 Å². The van der Waals surface area contributed by atoms with Gasteiger partial charge in [-0.1, -0.05) is 6.07 Å². The number of carbonyl (C=O) groups excluding carboxylic acids is 1. The van der Waals surface area contributed by atoms with Gasteiger partial charge < -0.3 is 15.8 Å². The van der Waals surface area contributed by atoms with Crippen LogP contribution in [0.1, 0.15) is 18.4 Å². The van der Waals surface area contributed by atoms with Crippen LogP contribution in [0.2, 0.25) is 0 Å². The molecule has 1 aliphatic heterocycles. The third-order valence-corrected chi connectivity index (χ3v) is 2.99. The number of rotatable bonds is 2. The van der Waals surface area contributed by atoms with Gasteiger partial charge in [-0.3, -0.25) is 4.79 Å². The molecule has 0 aromatic carbocycles. The highest BCUT2D eigenvalue weighted by molar-refractivity contribution is 5.97. The summed E-state index contributed by atoms with van der Waals surface area (Å²) >= 11 is 0. The number of halogens is 2. The third kappa shape index (κ3) is 4.62. The molecule has 1 fully saturated rings. The maximum absolute atomic E-state index is 12.0. The van der Waals surface area contributed by atoms with Gasteiger partial charge in [0, 0.05) is 19.4 Å². The molecule has 0 spiro atoms. The molecule has 0 radical (unpaired) electrons. The fourth-order valence-corrected chi connectivity index (χ4v) is 1.75. The van der Waals surface area contributed by atoms with Crippen molar-refractivity contribution in [1.82, 2.24) is 4.98 Å². The Kier molecular flexibility index (Phi) is 7.29. The predicted octanol–water partition coefficient (Wildman–Crippen LogP) is 1.68. The maximum Gasteiger partial charge on any atom is 0.245 e. The van der Waals surface area contributed by atoms with Crippen LogP contribution in [0.15, 0.2) is 18.3 Å². The van der Waals surface area contributed by atoms with Crippen molar-refractivity contribution in [2.24, 2.45) is 5.73 Å². The zero-order valence-corrected chi connectivity index (χ0v) is 12.4. The molecule has 0 unspecified atom stereocenters. The quantitative estimate of drug-likeness (QED) is 0.871. The number of amides is 1. The summed E-state index contributed by atoms with van der Waals surface area (Å²) in [5.74, 6) is 0.356. The Balaban J connectivity index is 0.00000162. The van der Waals surface area contributed by atoms with Gasteiger partial charge in [-0.15, -0.1) is 24.8 Å². The largest absolute Gasteiger partial charge is 0.381 e. The fraction of sp³-hybridized carbons (Fsp3) is 0.500. The summed E-state index contributed by atoms with van der Waals surface area (Å²) in [5.41, 5.74) is 6.28. The average Bonchev–Trinajstić information content (AvgIpc) is 2.33. The van der Waals surface area contributed by atoms with Gasteiger partial charge in [0.1, 0.15) is 11.4 Å². The van der Waals surface area contributed by atoms with E-state index in [1.54, 1.807) is 12.3 Å².